The molecule has 0 radical (unpaired) electrons. The second-order valence-electron chi connectivity index (χ2n) is 6.60. The number of nitrogens with zero attached hydrogens (tertiary/aromatic N) is 2. The van der Waals surface area contributed by atoms with Crippen LogP contribution in [0.4, 0.5) is 16.2 Å². The van der Waals surface area contributed by atoms with Crippen molar-refractivity contribution in [3.63, 3.8) is 0 Å². The highest BCUT2D eigenvalue weighted by Crippen LogP contribution is 2.15. The standard InChI is InChI=1S/C22H19N5O4/c23-13-16-4-2-1-3-15(16)5-10-19(28)25-17-6-8-18(9-7-17)26-20(29)11-12-27-21(30)14-24-22(27)31/h1-10H,11-12,14H2,(H,24,31)(H,25,28)(H,26,29)/b10-5+. The van der Waals surface area contributed by atoms with Gasteiger partial charge in [0, 0.05) is 30.4 Å². The topological polar surface area (TPSA) is 131 Å². The molecule has 2 aromatic carbocycles. The van der Waals surface area contributed by atoms with Gasteiger partial charge in [0.25, 0.3) is 0 Å². The summed E-state index contributed by atoms with van der Waals surface area (Å²) < 4.78 is 0. The first-order chi connectivity index (χ1) is 15.0. The number of benzene rings is 2. The summed E-state index contributed by atoms with van der Waals surface area (Å²) in [6.07, 6.45) is 2.88. The minimum atomic E-state index is -0.497. The SMILES string of the molecule is N#Cc1ccccc1/C=C/C(=O)Nc1ccc(NC(=O)CCN2C(=O)CNC2=O)cc1. The number of carbonyl (C=O) groups is 4. The Morgan fingerprint density at radius 3 is 2.39 bits per heavy atom. The maximum absolute atomic E-state index is 12.1. The summed E-state index contributed by atoms with van der Waals surface area (Å²) in [5.74, 6) is -1.07. The highest BCUT2D eigenvalue weighted by molar-refractivity contribution is 6.03. The van der Waals surface area contributed by atoms with Crippen molar-refractivity contribution in [1.29, 1.82) is 5.26 Å². The molecular formula is C22H19N5O4. The van der Waals surface area contributed by atoms with Gasteiger partial charge < -0.3 is 16.0 Å². The minimum Gasteiger partial charge on any atom is -0.329 e. The van der Waals surface area contributed by atoms with Crippen molar-refractivity contribution < 1.29 is 19.2 Å². The van der Waals surface area contributed by atoms with Gasteiger partial charge in [-0.15, -0.1) is 0 Å². The number of hydrogen-bond acceptors (Lipinski definition) is 5. The van der Waals surface area contributed by atoms with E-state index in [-0.39, 0.29) is 37.2 Å². The van der Waals surface area contributed by atoms with Gasteiger partial charge in [-0.05, 0) is 42.0 Å². The molecule has 0 aliphatic carbocycles. The van der Waals surface area contributed by atoms with E-state index in [2.05, 4.69) is 22.0 Å². The molecule has 5 amide bonds. The highest BCUT2D eigenvalue weighted by atomic mass is 16.2. The lowest BCUT2D eigenvalue weighted by Crippen LogP contribution is -2.33. The summed E-state index contributed by atoms with van der Waals surface area (Å²) in [6, 6.07) is 15.0. The molecule has 0 bridgehead atoms. The zero-order chi connectivity index (χ0) is 22.2. The summed E-state index contributed by atoms with van der Waals surface area (Å²) in [5.41, 5.74) is 2.16. The predicted octanol–water partition coefficient (Wildman–Crippen LogP) is 2.09. The van der Waals surface area contributed by atoms with Crippen molar-refractivity contribution in [3.8, 4) is 6.07 Å². The summed E-state index contributed by atoms with van der Waals surface area (Å²) in [7, 11) is 0. The van der Waals surface area contributed by atoms with Gasteiger partial charge in [0.1, 0.15) is 0 Å². The van der Waals surface area contributed by atoms with E-state index in [9.17, 15) is 19.2 Å². The van der Waals surface area contributed by atoms with Crippen LogP contribution >= 0.6 is 0 Å². The molecule has 3 rings (SSSR count). The van der Waals surface area contributed by atoms with Crippen LogP contribution in [-0.4, -0.2) is 41.7 Å². The van der Waals surface area contributed by atoms with Crippen LogP contribution in [0.15, 0.2) is 54.6 Å². The van der Waals surface area contributed by atoms with Crippen LogP contribution in [0.2, 0.25) is 0 Å². The molecule has 0 spiro atoms. The summed E-state index contributed by atoms with van der Waals surface area (Å²) in [4.78, 5) is 48.1. The van der Waals surface area contributed by atoms with Crippen molar-refractivity contribution >= 4 is 41.2 Å². The van der Waals surface area contributed by atoms with Crippen LogP contribution in [0.3, 0.4) is 0 Å². The number of nitriles is 1. The van der Waals surface area contributed by atoms with E-state index in [0.717, 1.165) is 4.90 Å². The molecule has 9 heteroatoms. The summed E-state index contributed by atoms with van der Waals surface area (Å²) in [5, 5.41) is 16.8. The molecular weight excluding hydrogens is 398 g/mol. The van der Waals surface area contributed by atoms with Crippen molar-refractivity contribution in [2.75, 3.05) is 23.7 Å². The lowest BCUT2D eigenvalue weighted by Gasteiger charge is -2.12. The predicted molar refractivity (Wildman–Crippen MR) is 114 cm³/mol. The molecule has 1 saturated heterocycles. The monoisotopic (exact) mass is 417 g/mol. The van der Waals surface area contributed by atoms with Crippen molar-refractivity contribution in [2.45, 2.75) is 6.42 Å². The third-order valence-electron chi connectivity index (χ3n) is 4.43. The number of rotatable bonds is 7. The molecule has 1 fully saturated rings. The zero-order valence-electron chi connectivity index (χ0n) is 16.4. The van der Waals surface area contributed by atoms with Gasteiger partial charge in [-0.25, -0.2) is 4.79 Å². The maximum Gasteiger partial charge on any atom is 0.324 e. The van der Waals surface area contributed by atoms with Crippen LogP contribution in [0, 0.1) is 11.3 Å². The Kier molecular flexibility index (Phi) is 6.75. The lowest BCUT2D eigenvalue weighted by molar-refractivity contribution is -0.125. The number of urea groups is 1. The van der Waals surface area contributed by atoms with E-state index in [1.165, 1.54) is 6.08 Å². The molecule has 0 aromatic heterocycles. The smallest absolute Gasteiger partial charge is 0.324 e. The van der Waals surface area contributed by atoms with Gasteiger partial charge in [0.15, 0.2) is 0 Å². The lowest BCUT2D eigenvalue weighted by atomic mass is 10.1. The van der Waals surface area contributed by atoms with E-state index in [1.807, 2.05) is 0 Å². The summed E-state index contributed by atoms with van der Waals surface area (Å²) >= 11 is 0. The Hall–Kier alpha value is -4.45. The number of anilines is 2. The molecule has 1 heterocycles. The molecule has 0 unspecified atom stereocenters. The van der Waals surface area contributed by atoms with Crippen LogP contribution in [0.5, 0.6) is 0 Å². The third kappa shape index (κ3) is 5.77. The van der Waals surface area contributed by atoms with Gasteiger partial charge in [-0.1, -0.05) is 18.2 Å². The number of amides is 5. The molecule has 31 heavy (non-hydrogen) atoms. The zero-order valence-corrected chi connectivity index (χ0v) is 16.4. The average Bonchev–Trinajstić information content (AvgIpc) is 3.09. The molecule has 9 nitrogen and oxygen atoms in total. The van der Waals surface area contributed by atoms with Gasteiger partial charge in [0.2, 0.25) is 17.7 Å². The normalized spacial score (nSPS) is 13.1. The first-order valence-electron chi connectivity index (χ1n) is 9.42. The van der Waals surface area contributed by atoms with Gasteiger partial charge in [0.05, 0.1) is 18.2 Å². The fourth-order valence-electron chi connectivity index (χ4n) is 2.85. The number of nitrogens with one attached hydrogen (secondary N) is 3. The van der Waals surface area contributed by atoms with Crippen molar-refractivity contribution in [3.05, 3.63) is 65.7 Å². The van der Waals surface area contributed by atoms with Gasteiger partial charge >= 0.3 is 6.03 Å². The Balaban J connectivity index is 1.49. The molecule has 2 aromatic rings. The van der Waals surface area contributed by atoms with Crippen LogP contribution < -0.4 is 16.0 Å². The van der Waals surface area contributed by atoms with Gasteiger partial charge in [-0.2, -0.15) is 5.26 Å². The van der Waals surface area contributed by atoms with E-state index < -0.39 is 6.03 Å². The number of hydrogen-bond donors (Lipinski definition) is 3. The molecule has 0 saturated carbocycles. The molecule has 3 N–H and O–H groups in total. The second-order valence-corrected chi connectivity index (χ2v) is 6.60. The number of carbonyl (C=O) groups excluding carboxylic acids is 4. The number of imide groups is 1. The van der Waals surface area contributed by atoms with Crippen LogP contribution in [0.25, 0.3) is 6.08 Å². The Bertz CT molecular complexity index is 1070. The fraction of sp³-hybridized carbons (Fsp3) is 0.136. The second kappa shape index (κ2) is 9.84. The molecule has 1 aliphatic rings. The molecule has 1 aliphatic heterocycles. The van der Waals surface area contributed by atoms with Crippen molar-refractivity contribution in [1.82, 2.24) is 10.2 Å². The van der Waals surface area contributed by atoms with E-state index >= 15 is 0 Å². The van der Waals surface area contributed by atoms with Gasteiger partial charge in [-0.3, -0.25) is 19.3 Å². The largest absolute Gasteiger partial charge is 0.329 e. The van der Waals surface area contributed by atoms with Crippen molar-refractivity contribution in [2.24, 2.45) is 0 Å². The van der Waals surface area contributed by atoms with Crippen LogP contribution in [-0.2, 0) is 14.4 Å². The Morgan fingerprint density at radius 2 is 1.74 bits per heavy atom. The Labute approximate surface area is 178 Å². The fourth-order valence-corrected chi connectivity index (χ4v) is 2.85. The first-order valence-corrected chi connectivity index (χ1v) is 9.42. The minimum absolute atomic E-state index is 0.00586. The average molecular weight is 417 g/mol. The summed E-state index contributed by atoms with van der Waals surface area (Å²) in [6.45, 7) is -0.0421. The molecule has 156 valence electrons. The quantitative estimate of drug-likeness (QED) is 0.469. The Morgan fingerprint density at radius 1 is 1.06 bits per heavy atom. The van der Waals surface area contributed by atoms with E-state index in [1.54, 1.807) is 54.6 Å². The molecule has 0 atom stereocenters. The van der Waals surface area contributed by atoms with E-state index in [4.69, 9.17) is 5.26 Å². The maximum atomic E-state index is 12.1. The van der Waals surface area contributed by atoms with E-state index in [0.29, 0.717) is 22.5 Å². The third-order valence-corrected chi connectivity index (χ3v) is 4.43. The highest BCUT2D eigenvalue weighted by Gasteiger charge is 2.28. The van der Waals surface area contributed by atoms with Crippen LogP contribution in [0.1, 0.15) is 17.5 Å². The first kappa shape index (κ1) is 21.3.